The number of benzene rings is 1. The summed E-state index contributed by atoms with van der Waals surface area (Å²) in [6.45, 7) is 4.82. The molecule has 0 aromatic heterocycles. The molecule has 1 saturated heterocycles. The van der Waals surface area contributed by atoms with Crippen LogP contribution in [-0.2, 0) is 4.79 Å². The molecule has 0 aliphatic carbocycles. The van der Waals surface area contributed by atoms with E-state index >= 15 is 0 Å². The van der Waals surface area contributed by atoms with Gasteiger partial charge in [-0.3, -0.25) is 4.79 Å². The summed E-state index contributed by atoms with van der Waals surface area (Å²) in [5, 5.41) is 3.32. The van der Waals surface area contributed by atoms with E-state index in [2.05, 4.69) is 5.32 Å². The summed E-state index contributed by atoms with van der Waals surface area (Å²) in [5.41, 5.74) is 0.346. The molecule has 1 atom stereocenters. The lowest BCUT2D eigenvalue weighted by molar-refractivity contribution is -0.129. The highest BCUT2D eigenvalue weighted by Crippen LogP contribution is 2.21. The van der Waals surface area contributed by atoms with Gasteiger partial charge in [0.05, 0.1) is 0 Å². The summed E-state index contributed by atoms with van der Waals surface area (Å²) in [7, 11) is 0. The van der Waals surface area contributed by atoms with Gasteiger partial charge in [0.1, 0.15) is 0 Å². The Bertz CT molecular complexity index is 485. The van der Waals surface area contributed by atoms with Crippen molar-refractivity contribution in [1.29, 1.82) is 0 Å². The van der Waals surface area contributed by atoms with Crippen molar-refractivity contribution in [2.24, 2.45) is 0 Å². The third-order valence-corrected chi connectivity index (χ3v) is 3.87. The zero-order valence-corrected chi connectivity index (χ0v) is 11.8. The molecule has 2 rings (SSSR count). The number of nitrogens with one attached hydrogen (secondary N) is 1. The lowest BCUT2D eigenvalue weighted by Gasteiger charge is -2.33. The predicted octanol–water partition coefficient (Wildman–Crippen LogP) is 2.63. The molecule has 0 bridgehead atoms. The van der Waals surface area contributed by atoms with Crippen molar-refractivity contribution in [3.8, 4) is 0 Å². The maximum Gasteiger partial charge on any atom is 0.219 e. The van der Waals surface area contributed by atoms with Crippen LogP contribution in [-0.4, -0.2) is 29.9 Å². The Morgan fingerprint density at radius 1 is 1.35 bits per heavy atom. The maximum absolute atomic E-state index is 13.7. The summed E-state index contributed by atoms with van der Waals surface area (Å²) in [4.78, 5) is 13.1. The van der Waals surface area contributed by atoms with Gasteiger partial charge in [0.25, 0.3) is 0 Å². The standard InChI is InChI=1S/C15H20F2N2O/c1-10(13-4-3-5-14(16)15(13)17)18-12-6-8-19(9-7-12)11(2)20/h3-5,10,12,18H,6-9H2,1-2H3. The van der Waals surface area contributed by atoms with E-state index in [1.807, 2.05) is 11.8 Å². The molecule has 0 radical (unpaired) electrons. The van der Waals surface area contributed by atoms with E-state index < -0.39 is 11.6 Å². The van der Waals surface area contributed by atoms with Gasteiger partial charge in [-0.15, -0.1) is 0 Å². The molecule has 1 aliphatic rings. The molecule has 1 aromatic carbocycles. The summed E-state index contributed by atoms with van der Waals surface area (Å²) in [6.07, 6.45) is 1.67. The molecular weight excluding hydrogens is 262 g/mol. The average molecular weight is 282 g/mol. The molecule has 0 saturated carbocycles. The van der Waals surface area contributed by atoms with E-state index in [0.29, 0.717) is 18.7 Å². The second-order valence-electron chi connectivity index (χ2n) is 5.31. The first-order chi connectivity index (χ1) is 9.49. The van der Waals surface area contributed by atoms with E-state index in [1.54, 1.807) is 13.0 Å². The fourth-order valence-corrected chi connectivity index (χ4v) is 2.66. The van der Waals surface area contributed by atoms with Gasteiger partial charge in [-0.1, -0.05) is 12.1 Å². The van der Waals surface area contributed by atoms with Gasteiger partial charge in [0.15, 0.2) is 11.6 Å². The molecular formula is C15H20F2N2O. The van der Waals surface area contributed by atoms with Gasteiger partial charge in [0, 0.05) is 37.7 Å². The van der Waals surface area contributed by atoms with Crippen LogP contribution in [0.2, 0.25) is 0 Å². The van der Waals surface area contributed by atoms with Gasteiger partial charge in [0.2, 0.25) is 5.91 Å². The SMILES string of the molecule is CC(=O)N1CCC(NC(C)c2cccc(F)c2F)CC1. The van der Waals surface area contributed by atoms with Crippen LogP contribution >= 0.6 is 0 Å². The molecule has 1 aromatic rings. The van der Waals surface area contributed by atoms with Crippen LogP contribution in [0.3, 0.4) is 0 Å². The van der Waals surface area contributed by atoms with Crippen molar-refractivity contribution in [2.75, 3.05) is 13.1 Å². The van der Waals surface area contributed by atoms with Crippen LogP contribution in [0.1, 0.15) is 38.3 Å². The van der Waals surface area contributed by atoms with Crippen LogP contribution in [0.15, 0.2) is 18.2 Å². The lowest BCUT2D eigenvalue weighted by Crippen LogP contribution is -2.44. The quantitative estimate of drug-likeness (QED) is 0.924. The van der Waals surface area contributed by atoms with E-state index in [-0.39, 0.29) is 18.0 Å². The third kappa shape index (κ3) is 3.33. The van der Waals surface area contributed by atoms with Gasteiger partial charge >= 0.3 is 0 Å². The number of likely N-dealkylation sites (tertiary alicyclic amines) is 1. The summed E-state index contributed by atoms with van der Waals surface area (Å²) >= 11 is 0. The minimum absolute atomic E-state index is 0.0904. The summed E-state index contributed by atoms with van der Waals surface area (Å²) in [5.74, 6) is -1.51. The molecule has 1 aliphatic heterocycles. The Morgan fingerprint density at radius 3 is 2.60 bits per heavy atom. The van der Waals surface area contributed by atoms with Gasteiger partial charge in [-0.2, -0.15) is 0 Å². The number of halogens is 2. The highest BCUT2D eigenvalue weighted by molar-refractivity contribution is 5.73. The van der Waals surface area contributed by atoms with E-state index in [4.69, 9.17) is 0 Å². The van der Waals surface area contributed by atoms with Crippen molar-refractivity contribution >= 4 is 5.91 Å². The average Bonchev–Trinajstić information content (AvgIpc) is 2.42. The Morgan fingerprint density at radius 2 is 2.00 bits per heavy atom. The fourth-order valence-electron chi connectivity index (χ4n) is 2.66. The number of nitrogens with zero attached hydrogens (tertiary/aromatic N) is 1. The molecule has 110 valence electrons. The first kappa shape index (κ1) is 14.9. The molecule has 0 spiro atoms. The predicted molar refractivity (Wildman–Crippen MR) is 73.2 cm³/mol. The molecule has 20 heavy (non-hydrogen) atoms. The smallest absolute Gasteiger partial charge is 0.219 e. The van der Waals surface area contributed by atoms with E-state index in [1.165, 1.54) is 6.07 Å². The van der Waals surface area contributed by atoms with Crippen molar-refractivity contribution < 1.29 is 13.6 Å². The number of piperidine rings is 1. The van der Waals surface area contributed by atoms with E-state index in [9.17, 15) is 13.6 Å². The first-order valence-corrected chi connectivity index (χ1v) is 6.94. The van der Waals surface area contributed by atoms with Gasteiger partial charge in [-0.05, 0) is 25.8 Å². The molecule has 3 nitrogen and oxygen atoms in total. The van der Waals surface area contributed by atoms with Crippen molar-refractivity contribution in [3.63, 3.8) is 0 Å². The number of rotatable bonds is 3. The molecule has 1 amide bonds. The van der Waals surface area contributed by atoms with Crippen molar-refractivity contribution in [1.82, 2.24) is 10.2 Å². The van der Waals surface area contributed by atoms with Crippen LogP contribution in [0, 0.1) is 11.6 Å². The van der Waals surface area contributed by atoms with Crippen molar-refractivity contribution in [2.45, 2.75) is 38.8 Å². The van der Waals surface area contributed by atoms with Gasteiger partial charge in [-0.25, -0.2) is 8.78 Å². The Balaban J connectivity index is 1.94. The van der Waals surface area contributed by atoms with Crippen LogP contribution in [0.5, 0.6) is 0 Å². The molecule has 1 unspecified atom stereocenters. The highest BCUT2D eigenvalue weighted by Gasteiger charge is 2.23. The highest BCUT2D eigenvalue weighted by atomic mass is 19.2. The minimum Gasteiger partial charge on any atom is -0.343 e. The number of hydrogen-bond acceptors (Lipinski definition) is 2. The Labute approximate surface area is 118 Å². The number of hydrogen-bond donors (Lipinski definition) is 1. The third-order valence-electron chi connectivity index (χ3n) is 3.87. The topological polar surface area (TPSA) is 32.3 Å². The molecule has 5 heteroatoms. The first-order valence-electron chi connectivity index (χ1n) is 6.94. The Hall–Kier alpha value is -1.49. The summed E-state index contributed by atoms with van der Waals surface area (Å²) in [6, 6.07) is 4.21. The van der Waals surface area contributed by atoms with Crippen molar-refractivity contribution in [3.05, 3.63) is 35.4 Å². The molecule has 1 N–H and O–H groups in total. The number of amides is 1. The second kappa shape index (κ2) is 6.31. The molecule has 1 fully saturated rings. The normalized spacial score (nSPS) is 18.1. The molecule has 1 heterocycles. The fraction of sp³-hybridized carbons (Fsp3) is 0.533. The van der Waals surface area contributed by atoms with Crippen LogP contribution in [0.25, 0.3) is 0 Å². The number of carbonyl (C=O) groups excluding carboxylic acids is 1. The van der Waals surface area contributed by atoms with Gasteiger partial charge < -0.3 is 10.2 Å². The minimum atomic E-state index is -0.817. The monoisotopic (exact) mass is 282 g/mol. The maximum atomic E-state index is 13.7. The Kier molecular flexibility index (Phi) is 4.70. The zero-order chi connectivity index (χ0) is 14.7. The van der Waals surface area contributed by atoms with E-state index in [0.717, 1.165) is 18.9 Å². The lowest BCUT2D eigenvalue weighted by atomic mass is 10.0. The number of carbonyl (C=O) groups is 1. The zero-order valence-electron chi connectivity index (χ0n) is 11.8. The largest absolute Gasteiger partial charge is 0.343 e. The summed E-state index contributed by atoms with van der Waals surface area (Å²) < 4.78 is 26.9. The van der Waals surface area contributed by atoms with Crippen LogP contribution in [0.4, 0.5) is 8.78 Å². The van der Waals surface area contributed by atoms with Crippen LogP contribution < -0.4 is 5.32 Å². The second-order valence-corrected chi connectivity index (χ2v) is 5.31.